The molecule has 1 aromatic rings. The number of nitrogens with zero attached hydrogens (tertiary/aromatic N) is 1. The Hall–Kier alpha value is -2.04. The van der Waals surface area contributed by atoms with Gasteiger partial charge in [-0.25, -0.2) is 0 Å². The molecule has 116 valence electrons. The lowest BCUT2D eigenvalue weighted by Gasteiger charge is -2.14. The van der Waals surface area contributed by atoms with Gasteiger partial charge in [0, 0.05) is 18.6 Å². The number of hydrogen-bond acceptors (Lipinski definition) is 4. The Labute approximate surface area is 125 Å². The molecule has 0 aromatic heterocycles. The van der Waals surface area contributed by atoms with E-state index in [1.165, 1.54) is 13.0 Å². The van der Waals surface area contributed by atoms with Crippen LogP contribution in [0.3, 0.4) is 0 Å². The molecule has 0 aliphatic carbocycles. The first kappa shape index (κ1) is 17.0. The minimum atomic E-state index is -0.409. The second kappa shape index (κ2) is 8.29. The highest BCUT2D eigenvalue weighted by Gasteiger charge is 2.13. The molecular weight excluding hydrogens is 270 g/mol. The van der Waals surface area contributed by atoms with Crippen molar-refractivity contribution in [2.75, 3.05) is 14.2 Å². The smallest absolute Gasteiger partial charge is 0.243 e. The Kier molecular flexibility index (Phi) is 6.72. The maximum absolute atomic E-state index is 10.7. The second-order valence-corrected chi connectivity index (χ2v) is 4.90. The molecule has 5 nitrogen and oxygen atoms in total. The molecule has 21 heavy (non-hydrogen) atoms. The molecule has 0 atom stereocenters. The number of allylic oxidation sites excluding steroid dienone is 1. The zero-order valence-corrected chi connectivity index (χ0v) is 13.1. The van der Waals surface area contributed by atoms with Crippen LogP contribution in [0.1, 0.15) is 44.2 Å². The van der Waals surface area contributed by atoms with E-state index in [1.807, 2.05) is 12.1 Å². The van der Waals surface area contributed by atoms with Crippen LogP contribution in [0, 0.1) is 10.1 Å². The molecule has 0 bridgehead atoms. The van der Waals surface area contributed by atoms with Crippen molar-refractivity contribution in [1.29, 1.82) is 0 Å². The molecule has 0 saturated carbocycles. The third kappa shape index (κ3) is 4.77. The van der Waals surface area contributed by atoms with Crippen molar-refractivity contribution in [2.45, 2.75) is 39.5 Å². The maximum atomic E-state index is 10.7. The van der Waals surface area contributed by atoms with Gasteiger partial charge in [-0.3, -0.25) is 10.1 Å². The lowest BCUT2D eigenvalue weighted by atomic mass is 10.0. The molecule has 0 aliphatic rings. The van der Waals surface area contributed by atoms with Gasteiger partial charge in [0.25, 0.3) is 0 Å². The van der Waals surface area contributed by atoms with E-state index in [9.17, 15) is 10.1 Å². The summed E-state index contributed by atoms with van der Waals surface area (Å²) in [6.07, 6.45) is 5.74. The fraction of sp³-hybridized carbons (Fsp3) is 0.500. The number of hydrogen-bond donors (Lipinski definition) is 0. The summed E-state index contributed by atoms with van der Waals surface area (Å²) in [5.41, 5.74) is 1.80. The fourth-order valence-electron chi connectivity index (χ4n) is 2.18. The molecule has 0 spiro atoms. The molecule has 1 aromatic carbocycles. The van der Waals surface area contributed by atoms with E-state index in [-0.39, 0.29) is 5.70 Å². The molecule has 5 heteroatoms. The minimum Gasteiger partial charge on any atom is -0.496 e. The van der Waals surface area contributed by atoms with Crippen molar-refractivity contribution in [3.63, 3.8) is 0 Å². The van der Waals surface area contributed by atoms with Gasteiger partial charge in [-0.2, -0.15) is 0 Å². The van der Waals surface area contributed by atoms with Gasteiger partial charge in [0.05, 0.1) is 19.1 Å². The summed E-state index contributed by atoms with van der Waals surface area (Å²) in [5, 5.41) is 10.7. The Morgan fingerprint density at radius 3 is 2.24 bits per heavy atom. The van der Waals surface area contributed by atoms with E-state index in [1.54, 1.807) is 14.2 Å². The molecule has 0 N–H and O–H groups in total. The van der Waals surface area contributed by atoms with Gasteiger partial charge in [0.15, 0.2) is 0 Å². The largest absolute Gasteiger partial charge is 0.496 e. The monoisotopic (exact) mass is 293 g/mol. The van der Waals surface area contributed by atoms with Gasteiger partial charge < -0.3 is 9.47 Å². The van der Waals surface area contributed by atoms with Crippen LogP contribution in [0.5, 0.6) is 11.5 Å². The van der Waals surface area contributed by atoms with Crippen molar-refractivity contribution in [2.24, 2.45) is 0 Å². The third-order valence-electron chi connectivity index (χ3n) is 3.32. The number of ether oxygens (including phenoxy) is 2. The first-order valence-corrected chi connectivity index (χ1v) is 7.11. The van der Waals surface area contributed by atoms with Crippen LogP contribution < -0.4 is 9.47 Å². The summed E-state index contributed by atoms with van der Waals surface area (Å²) < 4.78 is 10.8. The third-order valence-corrected chi connectivity index (χ3v) is 3.32. The Morgan fingerprint density at radius 2 is 1.81 bits per heavy atom. The normalized spacial score (nSPS) is 11.3. The number of rotatable bonds is 8. The Bertz CT molecular complexity index is 498. The van der Waals surface area contributed by atoms with Crippen molar-refractivity contribution in [3.05, 3.63) is 39.1 Å². The number of benzene rings is 1. The fourth-order valence-corrected chi connectivity index (χ4v) is 2.18. The van der Waals surface area contributed by atoms with Gasteiger partial charge in [-0.15, -0.1) is 0 Å². The summed E-state index contributed by atoms with van der Waals surface area (Å²) in [6, 6.07) is 3.63. The molecule has 0 unspecified atom stereocenters. The summed E-state index contributed by atoms with van der Waals surface area (Å²) in [7, 11) is 3.21. The molecule has 1 rings (SSSR count). The molecule has 0 aliphatic heterocycles. The first-order chi connectivity index (χ1) is 10.0. The quantitative estimate of drug-likeness (QED) is 0.412. The molecule has 0 saturated heterocycles. The average molecular weight is 293 g/mol. The predicted octanol–water partition coefficient (Wildman–Crippen LogP) is 4.07. The van der Waals surface area contributed by atoms with Gasteiger partial charge in [0.2, 0.25) is 5.70 Å². The van der Waals surface area contributed by atoms with E-state index in [0.717, 1.165) is 31.2 Å². The minimum absolute atomic E-state index is 0.0813. The van der Waals surface area contributed by atoms with Gasteiger partial charge in [0.1, 0.15) is 11.5 Å². The zero-order chi connectivity index (χ0) is 15.8. The predicted molar refractivity (Wildman–Crippen MR) is 83.4 cm³/mol. The second-order valence-electron chi connectivity index (χ2n) is 4.90. The lowest BCUT2D eigenvalue weighted by molar-refractivity contribution is -0.422. The van der Waals surface area contributed by atoms with Crippen LogP contribution in [0.2, 0.25) is 0 Å². The van der Waals surface area contributed by atoms with Crippen LogP contribution >= 0.6 is 0 Å². The van der Waals surface area contributed by atoms with Crippen molar-refractivity contribution in [3.8, 4) is 11.5 Å². The lowest BCUT2D eigenvalue weighted by Crippen LogP contribution is -1.99. The SMILES string of the molecule is CCCCCc1c(OC)cc(C=C(C)[N+](=O)[O-])cc1OC. The topological polar surface area (TPSA) is 61.6 Å². The van der Waals surface area contributed by atoms with Gasteiger partial charge in [-0.05, 0) is 30.5 Å². The van der Waals surface area contributed by atoms with Crippen LogP contribution in [0.25, 0.3) is 6.08 Å². The highest BCUT2D eigenvalue weighted by Crippen LogP contribution is 2.33. The van der Waals surface area contributed by atoms with E-state index in [0.29, 0.717) is 17.1 Å². The van der Waals surface area contributed by atoms with E-state index in [4.69, 9.17) is 9.47 Å². The number of nitro groups is 1. The van der Waals surface area contributed by atoms with Crippen LogP contribution in [0.15, 0.2) is 17.8 Å². The molecular formula is C16H23NO4. The van der Waals surface area contributed by atoms with E-state index >= 15 is 0 Å². The number of unbranched alkanes of at least 4 members (excludes halogenated alkanes) is 2. The molecule has 0 fully saturated rings. The maximum Gasteiger partial charge on any atom is 0.243 e. The van der Waals surface area contributed by atoms with Gasteiger partial charge >= 0.3 is 0 Å². The molecule has 0 radical (unpaired) electrons. The number of methoxy groups -OCH3 is 2. The van der Waals surface area contributed by atoms with Crippen LogP contribution in [-0.2, 0) is 6.42 Å². The Balaban J connectivity index is 3.17. The summed E-state index contributed by atoms with van der Waals surface area (Å²) in [5.74, 6) is 1.43. The first-order valence-electron chi connectivity index (χ1n) is 7.11. The summed E-state index contributed by atoms with van der Waals surface area (Å²) in [6.45, 7) is 3.62. The van der Waals surface area contributed by atoms with Crippen LogP contribution in [0.4, 0.5) is 0 Å². The summed E-state index contributed by atoms with van der Waals surface area (Å²) in [4.78, 5) is 10.3. The van der Waals surface area contributed by atoms with Crippen molar-refractivity contribution >= 4 is 6.08 Å². The van der Waals surface area contributed by atoms with Crippen molar-refractivity contribution in [1.82, 2.24) is 0 Å². The average Bonchev–Trinajstić information content (AvgIpc) is 2.47. The highest BCUT2D eigenvalue weighted by molar-refractivity contribution is 5.59. The standard InChI is InChI=1S/C16H23NO4/c1-5-6-7-8-14-15(20-3)10-13(11-16(14)21-4)9-12(2)17(18)19/h9-11H,5-8H2,1-4H3. The van der Waals surface area contributed by atoms with Crippen molar-refractivity contribution < 1.29 is 14.4 Å². The van der Waals surface area contributed by atoms with E-state index < -0.39 is 4.92 Å². The summed E-state index contributed by atoms with van der Waals surface area (Å²) >= 11 is 0. The van der Waals surface area contributed by atoms with Gasteiger partial charge in [-0.1, -0.05) is 19.8 Å². The highest BCUT2D eigenvalue weighted by atomic mass is 16.6. The zero-order valence-electron chi connectivity index (χ0n) is 13.1. The van der Waals surface area contributed by atoms with Crippen LogP contribution in [-0.4, -0.2) is 19.1 Å². The van der Waals surface area contributed by atoms with E-state index in [2.05, 4.69) is 6.92 Å². The molecule has 0 heterocycles. The Morgan fingerprint density at radius 1 is 1.24 bits per heavy atom. The molecule has 0 amide bonds.